The van der Waals surface area contributed by atoms with Gasteiger partial charge in [-0.05, 0) is 6.07 Å². The summed E-state index contributed by atoms with van der Waals surface area (Å²) < 4.78 is 5.37. The van der Waals surface area contributed by atoms with Crippen LogP contribution in [0.2, 0.25) is 0 Å². The number of phenols is 1. The van der Waals surface area contributed by atoms with Crippen molar-refractivity contribution in [3.05, 3.63) is 23.6 Å². The Morgan fingerprint density at radius 1 is 1.44 bits per heavy atom. The molecule has 0 saturated heterocycles. The average Bonchev–Trinajstić information content (AvgIpc) is 2.59. The van der Waals surface area contributed by atoms with Crippen LogP contribution in [0.5, 0.6) is 5.75 Å². The van der Waals surface area contributed by atoms with E-state index in [9.17, 15) is 9.90 Å². The van der Waals surface area contributed by atoms with E-state index in [0.29, 0.717) is 11.4 Å². The molecule has 0 spiro atoms. The molecule has 0 aliphatic rings. The van der Waals surface area contributed by atoms with Crippen molar-refractivity contribution in [1.29, 1.82) is 0 Å². The van der Waals surface area contributed by atoms with Crippen molar-refractivity contribution in [2.24, 2.45) is 0 Å². The van der Waals surface area contributed by atoms with Crippen molar-refractivity contribution in [2.45, 2.75) is 19.8 Å². The molecule has 1 aromatic carbocycles. The fourth-order valence-electron chi connectivity index (χ4n) is 1.44. The highest BCUT2D eigenvalue weighted by Gasteiger charge is 2.17. The first kappa shape index (κ1) is 10.5. The Morgan fingerprint density at radius 3 is 2.69 bits per heavy atom. The van der Waals surface area contributed by atoms with E-state index in [1.807, 2.05) is 13.8 Å². The van der Waals surface area contributed by atoms with Gasteiger partial charge in [-0.15, -0.1) is 0 Å². The Hall–Kier alpha value is -2.04. The molecule has 0 saturated carbocycles. The summed E-state index contributed by atoms with van der Waals surface area (Å²) in [7, 11) is 0. The zero-order chi connectivity index (χ0) is 11.9. The predicted molar refractivity (Wildman–Crippen MR) is 56.7 cm³/mol. The van der Waals surface area contributed by atoms with E-state index in [4.69, 9.17) is 9.52 Å². The first-order valence-electron chi connectivity index (χ1n) is 4.85. The molecule has 1 aromatic heterocycles. The summed E-state index contributed by atoms with van der Waals surface area (Å²) in [5.41, 5.74) is 0.490. The van der Waals surface area contributed by atoms with Crippen LogP contribution < -0.4 is 0 Å². The van der Waals surface area contributed by atoms with Crippen LogP contribution in [0.15, 0.2) is 16.5 Å². The summed E-state index contributed by atoms with van der Waals surface area (Å²) in [5.74, 6) is -0.750. The van der Waals surface area contributed by atoms with Crippen molar-refractivity contribution in [2.75, 3.05) is 0 Å². The smallest absolute Gasteiger partial charge is 0.339 e. The van der Waals surface area contributed by atoms with E-state index >= 15 is 0 Å². The number of carboxylic acid groups (broad SMARTS) is 1. The Morgan fingerprint density at radius 2 is 2.12 bits per heavy atom. The van der Waals surface area contributed by atoms with Crippen LogP contribution in [0.1, 0.15) is 36.0 Å². The third-order valence-electron chi connectivity index (χ3n) is 2.22. The number of aromatic nitrogens is 1. The van der Waals surface area contributed by atoms with E-state index in [2.05, 4.69) is 4.98 Å². The molecule has 0 bridgehead atoms. The van der Waals surface area contributed by atoms with E-state index in [1.165, 1.54) is 6.07 Å². The molecule has 0 amide bonds. The second-order valence-electron chi connectivity index (χ2n) is 3.85. The summed E-state index contributed by atoms with van der Waals surface area (Å²) >= 11 is 0. The summed E-state index contributed by atoms with van der Waals surface area (Å²) in [6.07, 6.45) is 0. The molecule has 0 unspecified atom stereocenters. The highest BCUT2D eigenvalue weighted by Crippen LogP contribution is 2.27. The van der Waals surface area contributed by atoms with Gasteiger partial charge >= 0.3 is 5.97 Å². The molecule has 5 heteroatoms. The Balaban J connectivity index is 2.75. The number of hydrogen-bond acceptors (Lipinski definition) is 4. The third-order valence-corrected chi connectivity index (χ3v) is 2.22. The maximum absolute atomic E-state index is 10.9. The molecule has 1 heterocycles. The molecular formula is C11H11NO4. The van der Waals surface area contributed by atoms with Gasteiger partial charge in [0, 0.05) is 12.0 Å². The molecule has 0 radical (unpaired) electrons. The van der Waals surface area contributed by atoms with Crippen LogP contribution in [0.4, 0.5) is 0 Å². The minimum atomic E-state index is -1.15. The molecule has 0 atom stereocenters. The van der Waals surface area contributed by atoms with Gasteiger partial charge in [-0.2, -0.15) is 0 Å². The van der Waals surface area contributed by atoms with Crippen molar-refractivity contribution < 1.29 is 19.4 Å². The maximum atomic E-state index is 10.9. The van der Waals surface area contributed by atoms with Gasteiger partial charge in [-0.25, -0.2) is 9.78 Å². The van der Waals surface area contributed by atoms with E-state index in [1.54, 1.807) is 0 Å². The lowest BCUT2D eigenvalue weighted by Gasteiger charge is -1.96. The van der Waals surface area contributed by atoms with E-state index in [0.717, 1.165) is 6.07 Å². The van der Waals surface area contributed by atoms with Crippen LogP contribution in [-0.2, 0) is 0 Å². The quantitative estimate of drug-likeness (QED) is 0.813. The van der Waals surface area contributed by atoms with Gasteiger partial charge < -0.3 is 14.6 Å². The molecule has 2 N–H and O–H groups in total. The van der Waals surface area contributed by atoms with E-state index < -0.39 is 5.97 Å². The molecule has 2 rings (SSSR count). The van der Waals surface area contributed by atoms with Gasteiger partial charge in [0.05, 0.1) is 0 Å². The number of aromatic carboxylic acids is 1. The number of oxazole rings is 1. The fourth-order valence-corrected chi connectivity index (χ4v) is 1.44. The fraction of sp³-hybridized carbons (Fsp3) is 0.273. The first-order valence-corrected chi connectivity index (χ1v) is 4.85. The number of benzene rings is 1. The maximum Gasteiger partial charge on any atom is 0.339 e. The Kier molecular flexibility index (Phi) is 2.30. The van der Waals surface area contributed by atoms with Gasteiger partial charge in [-0.1, -0.05) is 13.8 Å². The largest absolute Gasteiger partial charge is 0.508 e. The lowest BCUT2D eigenvalue weighted by atomic mass is 10.2. The summed E-state index contributed by atoms with van der Waals surface area (Å²) in [4.78, 5) is 15.1. The number of carbonyl (C=O) groups is 1. The zero-order valence-electron chi connectivity index (χ0n) is 8.89. The standard InChI is InChI=1S/C11H11NO4/c1-5(2)10-12-8-4-6(13)3-7(11(14)15)9(8)16-10/h3-5,13H,1-2H3,(H,14,15). The molecular weight excluding hydrogens is 210 g/mol. The molecule has 0 fully saturated rings. The molecule has 2 aromatic rings. The lowest BCUT2D eigenvalue weighted by Crippen LogP contribution is -1.96. The minimum absolute atomic E-state index is 0.0659. The van der Waals surface area contributed by atoms with Crippen LogP contribution in [0.3, 0.4) is 0 Å². The lowest BCUT2D eigenvalue weighted by molar-refractivity contribution is 0.0697. The topological polar surface area (TPSA) is 83.6 Å². The zero-order valence-corrected chi connectivity index (χ0v) is 8.89. The van der Waals surface area contributed by atoms with Crippen LogP contribution in [-0.4, -0.2) is 21.2 Å². The van der Waals surface area contributed by atoms with Crippen molar-refractivity contribution in [3.8, 4) is 5.75 Å². The second-order valence-corrected chi connectivity index (χ2v) is 3.85. The van der Waals surface area contributed by atoms with Crippen LogP contribution in [0.25, 0.3) is 11.1 Å². The van der Waals surface area contributed by atoms with E-state index in [-0.39, 0.29) is 22.8 Å². The molecule has 5 nitrogen and oxygen atoms in total. The third kappa shape index (κ3) is 1.60. The number of hydrogen-bond donors (Lipinski definition) is 2. The number of rotatable bonds is 2. The molecule has 0 aliphatic heterocycles. The normalized spacial score (nSPS) is 11.2. The van der Waals surface area contributed by atoms with Gasteiger partial charge in [0.15, 0.2) is 11.5 Å². The van der Waals surface area contributed by atoms with Gasteiger partial charge in [0.25, 0.3) is 0 Å². The van der Waals surface area contributed by atoms with Crippen LogP contribution >= 0.6 is 0 Å². The number of phenolic OH excluding ortho intramolecular Hbond substituents is 1. The summed E-state index contributed by atoms with van der Waals surface area (Å²) in [5, 5.41) is 18.3. The number of carboxylic acids is 1. The molecule has 0 aliphatic carbocycles. The monoisotopic (exact) mass is 221 g/mol. The number of fused-ring (bicyclic) bond motifs is 1. The summed E-state index contributed by atoms with van der Waals surface area (Å²) in [6, 6.07) is 2.54. The van der Waals surface area contributed by atoms with Gasteiger partial charge in [0.2, 0.25) is 0 Å². The van der Waals surface area contributed by atoms with Crippen molar-refractivity contribution in [3.63, 3.8) is 0 Å². The molecule has 16 heavy (non-hydrogen) atoms. The molecule has 84 valence electrons. The minimum Gasteiger partial charge on any atom is -0.508 e. The SMILES string of the molecule is CC(C)c1nc2cc(O)cc(C(=O)O)c2o1. The van der Waals surface area contributed by atoms with Gasteiger partial charge in [-0.3, -0.25) is 0 Å². The first-order chi connectivity index (χ1) is 7.49. The highest BCUT2D eigenvalue weighted by molar-refractivity contribution is 6.00. The Labute approximate surface area is 91.3 Å². The van der Waals surface area contributed by atoms with Gasteiger partial charge in [0.1, 0.15) is 16.8 Å². The second kappa shape index (κ2) is 3.52. The van der Waals surface area contributed by atoms with Crippen molar-refractivity contribution >= 4 is 17.1 Å². The average molecular weight is 221 g/mol. The predicted octanol–water partition coefficient (Wildman–Crippen LogP) is 2.36. The summed E-state index contributed by atoms with van der Waals surface area (Å²) in [6.45, 7) is 3.79. The van der Waals surface area contributed by atoms with Crippen molar-refractivity contribution in [1.82, 2.24) is 4.98 Å². The Bertz CT molecular complexity index is 556. The number of aromatic hydroxyl groups is 1. The van der Waals surface area contributed by atoms with Crippen LogP contribution in [0, 0.1) is 0 Å². The highest BCUT2D eigenvalue weighted by atomic mass is 16.4. The number of nitrogens with zero attached hydrogens (tertiary/aromatic N) is 1.